The van der Waals surface area contributed by atoms with Crippen LogP contribution in [-0.2, 0) is 5.88 Å². The van der Waals surface area contributed by atoms with Crippen molar-refractivity contribution in [2.24, 2.45) is 0 Å². The Kier molecular flexibility index (Phi) is 3.02. The number of hydrogen-bond donors (Lipinski definition) is 0. The van der Waals surface area contributed by atoms with E-state index in [1.165, 1.54) is 0 Å². The molecule has 1 aromatic rings. The molecular weight excluding hydrogens is 235 g/mol. The van der Waals surface area contributed by atoms with Gasteiger partial charge in [0.2, 0.25) is 0 Å². The van der Waals surface area contributed by atoms with Gasteiger partial charge in [0, 0.05) is 15.4 Å². The first kappa shape index (κ1) is 8.38. The summed E-state index contributed by atoms with van der Waals surface area (Å²) in [5, 5.41) is 0.713. The fraction of sp³-hybridized carbons (Fsp3) is 0.143. The van der Waals surface area contributed by atoms with Gasteiger partial charge < -0.3 is 0 Å². The highest BCUT2D eigenvalue weighted by atomic mass is 79.9. The lowest BCUT2D eigenvalue weighted by molar-refractivity contribution is 1.39. The van der Waals surface area contributed by atoms with Crippen LogP contribution in [0.25, 0.3) is 0 Å². The second-order valence-electron chi connectivity index (χ2n) is 1.91. The highest BCUT2D eigenvalue weighted by Gasteiger charge is 1.94. The van der Waals surface area contributed by atoms with Gasteiger partial charge in [0.05, 0.1) is 0 Å². The minimum absolute atomic E-state index is 0.499. The fourth-order valence-corrected chi connectivity index (χ4v) is 1.77. The molecule has 0 aliphatic rings. The zero-order chi connectivity index (χ0) is 7.56. The molecule has 0 unspecified atom stereocenters. The van der Waals surface area contributed by atoms with Crippen molar-refractivity contribution in [3.05, 3.63) is 33.3 Å². The SMILES string of the molecule is ClCc1cc(Cl)cc(Br)c1. The summed E-state index contributed by atoms with van der Waals surface area (Å²) in [4.78, 5) is 0. The Morgan fingerprint density at radius 2 is 2.00 bits per heavy atom. The standard InChI is InChI=1S/C7H5BrCl2/c8-6-1-5(4-9)2-7(10)3-6/h1-3H,4H2. The van der Waals surface area contributed by atoms with Gasteiger partial charge in [-0.2, -0.15) is 0 Å². The molecule has 0 N–H and O–H groups in total. The number of alkyl halides is 1. The third kappa shape index (κ3) is 2.15. The third-order valence-corrected chi connectivity index (χ3v) is 2.06. The summed E-state index contributed by atoms with van der Waals surface area (Å²) in [5.74, 6) is 0.499. The largest absolute Gasteiger partial charge is 0.122 e. The molecule has 0 amide bonds. The first-order chi connectivity index (χ1) is 4.72. The van der Waals surface area contributed by atoms with Gasteiger partial charge in [-0.1, -0.05) is 27.5 Å². The molecule has 0 spiro atoms. The average Bonchev–Trinajstić information content (AvgIpc) is 1.85. The Hall–Kier alpha value is 0.280. The van der Waals surface area contributed by atoms with Crippen molar-refractivity contribution < 1.29 is 0 Å². The Bertz CT molecular complexity index is 215. The van der Waals surface area contributed by atoms with E-state index in [1.54, 1.807) is 0 Å². The molecule has 0 saturated carbocycles. The molecule has 0 bridgehead atoms. The Balaban J connectivity index is 3.06. The van der Waals surface area contributed by atoms with Crippen LogP contribution < -0.4 is 0 Å². The van der Waals surface area contributed by atoms with Gasteiger partial charge in [-0.15, -0.1) is 11.6 Å². The van der Waals surface area contributed by atoms with Crippen LogP contribution in [0.5, 0.6) is 0 Å². The fourth-order valence-electron chi connectivity index (χ4n) is 0.688. The van der Waals surface area contributed by atoms with Gasteiger partial charge in [-0.3, -0.25) is 0 Å². The van der Waals surface area contributed by atoms with E-state index >= 15 is 0 Å². The van der Waals surface area contributed by atoms with E-state index in [0.717, 1.165) is 10.0 Å². The zero-order valence-corrected chi connectivity index (χ0v) is 8.17. The summed E-state index contributed by atoms with van der Waals surface area (Å²) in [6, 6.07) is 5.62. The average molecular weight is 240 g/mol. The molecule has 0 nitrogen and oxygen atoms in total. The van der Waals surface area contributed by atoms with Crippen molar-refractivity contribution in [2.75, 3.05) is 0 Å². The lowest BCUT2D eigenvalue weighted by Crippen LogP contribution is -1.76. The zero-order valence-electron chi connectivity index (χ0n) is 5.07. The molecule has 0 heterocycles. The second kappa shape index (κ2) is 3.61. The summed E-state index contributed by atoms with van der Waals surface area (Å²) in [6.07, 6.45) is 0. The molecule has 0 radical (unpaired) electrons. The van der Waals surface area contributed by atoms with Crippen molar-refractivity contribution in [2.45, 2.75) is 5.88 Å². The Labute approximate surface area is 78.3 Å². The number of benzene rings is 1. The number of hydrogen-bond acceptors (Lipinski definition) is 0. The van der Waals surface area contributed by atoms with Crippen LogP contribution >= 0.6 is 39.1 Å². The molecule has 0 fully saturated rings. The van der Waals surface area contributed by atoms with Crippen molar-refractivity contribution >= 4 is 39.1 Å². The van der Waals surface area contributed by atoms with E-state index in [4.69, 9.17) is 23.2 Å². The highest BCUT2D eigenvalue weighted by Crippen LogP contribution is 2.20. The first-order valence-corrected chi connectivity index (χ1v) is 4.44. The molecule has 0 atom stereocenters. The van der Waals surface area contributed by atoms with E-state index in [0.29, 0.717) is 10.9 Å². The van der Waals surface area contributed by atoms with Crippen LogP contribution in [-0.4, -0.2) is 0 Å². The molecule has 1 rings (SSSR count). The summed E-state index contributed by atoms with van der Waals surface area (Å²) in [7, 11) is 0. The third-order valence-electron chi connectivity index (χ3n) is 1.08. The van der Waals surface area contributed by atoms with Crippen LogP contribution in [0.4, 0.5) is 0 Å². The smallest absolute Gasteiger partial charge is 0.0474 e. The molecule has 3 heteroatoms. The maximum absolute atomic E-state index is 5.74. The maximum atomic E-state index is 5.74. The summed E-state index contributed by atoms with van der Waals surface area (Å²) in [5.41, 5.74) is 1.03. The van der Waals surface area contributed by atoms with E-state index in [9.17, 15) is 0 Å². The molecule has 1 aromatic carbocycles. The van der Waals surface area contributed by atoms with Crippen molar-refractivity contribution in [1.82, 2.24) is 0 Å². The van der Waals surface area contributed by atoms with E-state index in [1.807, 2.05) is 18.2 Å². The van der Waals surface area contributed by atoms with E-state index in [-0.39, 0.29) is 0 Å². The predicted octanol–water partition coefficient (Wildman–Crippen LogP) is 3.84. The van der Waals surface area contributed by atoms with Crippen molar-refractivity contribution in [3.63, 3.8) is 0 Å². The van der Waals surface area contributed by atoms with Crippen LogP contribution in [0.2, 0.25) is 5.02 Å². The normalized spacial score (nSPS) is 9.90. The second-order valence-corrected chi connectivity index (χ2v) is 3.53. The number of halogens is 3. The molecule has 0 aromatic heterocycles. The Morgan fingerprint density at radius 1 is 1.30 bits per heavy atom. The van der Waals surface area contributed by atoms with Gasteiger partial charge in [0.1, 0.15) is 0 Å². The lowest BCUT2D eigenvalue weighted by Gasteiger charge is -1.96. The van der Waals surface area contributed by atoms with Crippen LogP contribution in [0, 0.1) is 0 Å². The molecule has 0 aliphatic carbocycles. The molecule has 0 aliphatic heterocycles. The van der Waals surface area contributed by atoms with Gasteiger partial charge in [-0.05, 0) is 23.8 Å². The summed E-state index contributed by atoms with van der Waals surface area (Å²) >= 11 is 14.6. The summed E-state index contributed by atoms with van der Waals surface area (Å²) < 4.78 is 0.968. The lowest BCUT2D eigenvalue weighted by atomic mass is 10.2. The first-order valence-electron chi connectivity index (χ1n) is 2.73. The van der Waals surface area contributed by atoms with E-state index in [2.05, 4.69) is 15.9 Å². The maximum Gasteiger partial charge on any atom is 0.0474 e. The van der Waals surface area contributed by atoms with Crippen LogP contribution in [0.3, 0.4) is 0 Å². The molecular formula is C7H5BrCl2. The van der Waals surface area contributed by atoms with E-state index < -0.39 is 0 Å². The predicted molar refractivity (Wildman–Crippen MR) is 48.7 cm³/mol. The number of rotatable bonds is 1. The molecule has 0 saturated heterocycles. The van der Waals surface area contributed by atoms with Crippen molar-refractivity contribution in [1.29, 1.82) is 0 Å². The minimum atomic E-state index is 0.499. The van der Waals surface area contributed by atoms with Gasteiger partial charge >= 0.3 is 0 Å². The summed E-state index contributed by atoms with van der Waals surface area (Å²) in [6.45, 7) is 0. The monoisotopic (exact) mass is 238 g/mol. The minimum Gasteiger partial charge on any atom is -0.122 e. The quantitative estimate of drug-likeness (QED) is 0.654. The van der Waals surface area contributed by atoms with Crippen LogP contribution in [0.1, 0.15) is 5.56 Å². The molecule has 54 valence electrons. The van der Waals surface area contributed by atoms with Crippen molar-refractivity contribution in [3.8, 4) is 0 Å². The van der Waals surface area contributed by atoms with Crippen LogP contribution in [0.15, 0.2) is 22.7 Å². The highest BCUT2D eigenvalue weighted by molar-refractivity contribution is 9.10. The van der Waals surface area contributed by atoms with Gasteiger partial charge in [0.15, 0.2) is 0 Å². The molecule has 10 heavy (non-hydrogen) atoms. The Morgan fingerprint density at radius 3 is 2.50 bits per heavy atom. The van der Waals surface area contributed by atoms with Gasteiger partial charge in [0.25, 0.3) is 0 Å². The topological polar surface area (TPSA) is 0 Å². The van der Waals surface area contributed by atoms with Gasteiger partial charge in [-0.25, -0.2) is 0 Å².